The third kappa shape index (κ3) is 3.88. The minimum absolute atomic E-state index is 0.00994. The average molecular weight is 431 g/mol. The van der Waals surface area contributed by atoms with E-state index in [2.05, 4.69) is 4.98 Å². The van der Waals surface area contributed by atoms with E-state index in [0.717, 1.165) is 48.4 Å². The number of fused-ring (bicyclic) bond motifs is 1. The van der Waals surface area contributed by atoms with Gasteiger partial charge in [0.1, 0.15) is 5.75 Å². The van der Waals surface area contributed by atoms with Crippen molar-refractivity contribution in [2.45, 2.75) is 56.6 Å². The molecule has 0 unspecified atom stereocenters. The van der Waals surface area contributed by atoms with Crippen molar-refractivity contribution < 1.29 is 13.5 Å². The summed E-state index contributed by atoms with van der Waals surface area (Å²) in [5.41, 5.74) is 6.89. The fourth-order valence-electron chi connectivity index (χ4n) is 4.65. The maximum absolute atomic E-state index is 13.9. The lowest BCUT2D eigenvalue weighted by molar-refractivity contribution is 0.103. The summed E-state index contributed by atoms with van der Waals surface area (Å²) in [7, 11) is 0. The number of nitrogens with two attached hydrogens (primary N) is 1. The first-order valence-electron chi connectivity index (χ1n) is 10.3. The monoisotopic (exact) mass is 430 g/mol. The predicted octanol–water partition coefficient (Wildman–Crippen LogP) is 6.16. The molecule has 0 spiro atoms. The van der Waals surface area contributed by atoms with Crippen molar-refractivity contribution in [3.63, 3.8) is 0 Å². The van der Waals surface area contributed by atoms with Crippen LogP contribution in [0.25, 0.3) is 10.8 Å². The first-order chi connectivity index (χ1) is 14.4. The maximum Gasteiger partial charge on any atom is 0.159 e. The van der Waals surface area contributed by atoms with E-state index in [1.54, 1.807) is 18.5 Å². The van der Waals surface area contributed by atoms with Crippen LogP contribution in [0.5, 0.6) is 5.75 Å². The third-order valence-electron chi connectivity index (χ3n) is 6.45. The minimum atomic E-state index is -0.836. The molecule has 1 aromatic heterocycles. The molecule has 2 N–H and O–H groups in total. The van der Waals surface area contributed by atoms with E-state index in [0.29, 0.717) is 10.8 Å². The van der Waals surface area contributed by atoms with Crippen LogP contribution in [0.15, 0.2) is 48.8 Å². The Morgan fingerprint density at radius 2 is 1.90 bits per heavy atom. The molecule has 3 aromatic rings. The van der Waals surface area contributed by atoms with Crippen molar-refractivity contribution >= 4 is 22.4 Å². The number of rotatable bonds is 5. The van der Waals surface area contributed by atoms with Crippen molar-refractivity contribution in [2.24, 2.45) is 5.73 Å². The van der Waals surface area contributed by atoms with Crippen LogP contribution in [-0.4, -0.2) is 17.1 Å². The summed E-state index contributed by atoms with van der Waals surface area (Å²) in [5.74, 6) is -1.01. The van der Waals surface area contributed by atoms with Gasteiger partial charge in [0.2, 0.25) is 0 Å². The van der Waals surface area contributed by atoms with Gasteiger partial charge in [0, 0.05) is 29.2 Å². The van der Waals surface area contributed by atoms with E-state index in [9.17, 15) is 8.78 Å². The van der Waals surface area contributed by atoms with Crippen LogP contribution >= 0.6 is 11.6 Å². The predicted molar refractivity (Wildman–Crippen MR) is 116 cm³/mol. The van der Waals surface area contributed by atoms with Crippen LogP contribution in [0.3, 0.4) is 0 Å². The van der Waals surface area contributed by atoms with Gasteiger partial charge in [-0.3, -0.25) is 4.98 Å². The largest absolute Gasteiger partial charge is 0.489 e. The first-order valence-corrected chi connectivity index (χ1v) is 10.7. The molecule has 0 saturated heterocycles. The number of nitrogens with zero attached hydrogens (tertiary/aromatic N) is 1. The van der Waals surface area contributed by atoms with E-state index in [-0.39, 0.29) is 17.6 Å². The van der Waals surface area contributed by atoms with Gasteiger partial charge in [0.05, 0.1) is 11.1 Å². The fraction of sp³-hybridized carbons (Fsp3) is 0.375. The molecule has 3 nitrogen and oxygen atoms in total. The first kappa shape index (κ1) is 21.0. The average Bonchev–Trinajstić information content (AvgIpc) is 2.76. The molecule has 0 amide bonds. The summed E-state index contributed by atoms with van der Waals surface area (Å²) in [6.45, 7) is 2.03. The molecule has 6 heteroatoms. The number of ether oxygens (including phenoxy) is 1. The Hall–Kier alpha value is -2.24. The van der Waals surface area contributed by atoms with E-state index in [1.807, 2.05) is 25.1 Å². The fourth-order valence-corrected chi connectivity index (χ4v) is 4.87. The lowest BCUT2D eigenvalue weighted by atomic mass is 9.64. The summed E-state index contributed by atoms with van der Waals surface area (Å²) < 4.78 is 33.7. The molecule has 0 aliphatic heterocycles. The number of benzene rings is 2. The molecule has 1 atom stereocenters. The number of hydrogen-bond acceptors (Lipinski definition) is 3. The summed E-state index contributed by atoms with van der Waals surface area (Å²) in [6, 6.07) is 9.76. The molecule has 158 valence electrons. The van der Waals surface area contributed by atoms with E-state index in [4.69, 9.17) is 22.1 Å². The Morgan fingerprint density at radius 3 is 2.60 bits per heavy atom. The van der Waals surface area contributed by atoms with Crippen LogP contribution in [0.4, 0.5) is 8.78 Å². The van der Waals surface area contributed by atoms with Crippen LogP contribution in [0, 0.1) is 11.6 Å². The second-order valence-electron chi connectivity index (χ2n) is 8.12. The van der Waals surface area contributed by atoms with Crippen LogP contribution in [-0.2, 0) is 5.41 Å². The standard InChI is InChI=1S/C24H25ClF2N2O/c1-2-23(28)24(17-3-4-20(26)21(27)13-17)8-5-18(6-9-24)30-22-12-15-7-10-29-14-16(15)11-19(22)25/h3-4,7,10-14,18,23H,2,5-6,8-9,28H2,1H3/t18?,23-,24?/m0/s1. The summed E-state index contributed by atoms with van der Waals surface area (Å²) in [6.07, 6.45) is 7.27. The molecule has 0 radical (unpaired) electrons. The van der Waals surface area contributed by atoms with Gasteiger partial charge in [-0.05, 0) is 73.4 Å². The van der Waals surface area contributed by atoms with Gasteiger partial charge in [-0.15, -0.1) is 0 Å². The van der Waals surface area contributed by atoms with E-state index in [1.165, 1.54) is 12.1 Å². The van der Waals surface area contributed by atoms with Gasteiger partial charge in [-0.1, -0.05) is 24.6 Å². The summed E-state index contributed by atoms with van der Waals surface area (Å²) >= 11 is 6.43. The van der Waals surface area contributed by atoms with Crippen molar-refractivity contribution in [1.29, 1.82) is 0 Å². The van der Waals surface area contributed by atoms with Gasteiger partial charge in [-0.25, -0.2) is 8.78 Å². The molecule has 1 fully saturated rings. The van der Waals surface area contributed by atoms with Crippen molar-refractivity contribution in [3.8, 4) is 5.75 Å². The SMILES string of the molecule is CC[C@H](N)C1(c2ccc(F)c(F)c2)CCC(Oc2cc3ccncc3cc2Cl)CC1. The molecule has 1 aliphatic rings. The minimum Gasteiger partial charge on any atom is -0.489 e. The zero-order chi connectivity index (χ0) is 21.3. The highest BCUT2D eigenvalue weighted by Gasteiger charge is 2.42. The topological polar surface area (TPSA) is 48.1 Å². The van der Waals surface area contributed by atoms with Crippen LogP contribution < -0.4 is 10.5 Å². The van der Waals surface area contributed by atoms with Crippen molar-refractivity contribution in [2.75, 3.05) is 0 Å². The Labute approximate surface area is 180 Å². The maximum atomic E-state index is 13.9. The van der Waals surface area contributed by atoms with Crippen molar-refractivity contribution in [3.05, 3.63) is 71.0 Å². The molecular formula is C24H25ClF2N2O. The molecule has 0 bridgehead atoms. The highest BCUT2D eigenvalue weighted by Crippen LogP contribution is 2.44. The Morgan fingerprint density at radius 1 is 1.13 bits per heavy atom. The normalized spacial score (nSPS) is 22.8. The molecular weight excluding hydrogens is 406 g/mol. The smallest absolute Gasteiger partial charge is 0.159 e. The zero-order valence-corrected chi connectivity index (χ0v) is 17.6. The molecule has 4 rings (SSSR count). The van der Waals surface area contributed by atoms with E-state index >= 15 is 0 Å². The molecule has 30 heavy (non-hydrogen) atoms. The second kappa shape index (κ2) is 8.48. The third-order valence-corrected chi connectivity index (χ3v) is 6.75. The van der Waals surface area contributed by atoms with Crippen LogP contribution in [0.1, 0.15) is 44.6 Å². The molecule has 2 aromatic carbocycles. The summed E-state index contributed by atoms with van der Waals surface area (Å²) in [4.78, 5) is 4.12. The highest BCUT2D eigenvalue weighted by molar-refractivity contribution is 6.32. The molecule has 1 saturated carbocycles. The Bertz CT molecular complexity index is 1050. The molecule has 1 heterocycles. The number of aromatic nitrogens is 1. The number of halogens is 3. The Balaban J connectivity index is 1.55. The van der Waals surface area contributed by atoms with Crippen molar-refractivity contribution in [1.82, 2.24) is 4.98 Å². The number of pyridine rings is 1. The van der Waals surface area contributed by atoms with Gasteiger partial charge in [-0.2, -0.15) is 0 Å². The van der Waals surface area contributed by atoms with Gasteiger partial charge in [0.15, 0.2) is 11.6 Å². The van der Waals surface area contributed by atoms with Gasteiger partial charge in [0.25, 0.3) is 0 Å². The lowest BCUT2D eigenvalue weighted by Crippen LogP contribution is -2.49. The van der Waals surface area contributed by atoms with Crippen LogP contribution in [0.2, 0.25) is 5.02 Å². The van der Waals surface area contributed by atoms with Gasteiger partial charge >= 0.3 is 0 Å². The second-order valence-corrected chi connectivity index (χ2v) is 8.53. The van der Waals surface area contributed by atoms with Gasteiger partial charge < -0.3 is 10.5 Å². The molecule has 1 aliphatic carbocycles. The zero-order valence-electron chi connectivity index (χ0n) is 16.9. The highest BCUT2D eigenvalue weighted by atomic mass is 35.5. The number of hydrogen-bond donors (Lipinski definition) is 1. The van der Waals surface area contributed by atoms with E-state index < -0.39 is 11.6 Å². The summed E-state index contributed by atoms with van der Waals surface area (Å²) in [5, 5.41) is 2.53. The quantitative estimate of drug-likeness (QED) is 0.527. The lowest BCUT2D eigenvalue weighted by Gasteiger charge is -2.44. The Kier molecular flexibility index (Phi) is 5.94.